The molecule has 60 heavy (non-hydrogen) atoms. The van der Waals surface area contributed by atoms with E-state index in [0.29, 0.717) is 19.3 Å². The third-order valence-corrected chi connectivity index (χ3v) is 10.8. The molecule has 0 bridgehead atoms. The lowest BCUT2D eigenvalue weighted by atomic mass is 10.1. The molecule has 0 aliphatic carbocycles. The van der Waals surface area contributed by atoms with Gasteiger partial charge in [0.05, 0.1) is 0 Å². The third-order valence-electron chi connectivity index (χ3n) is 10.8. The van der Waals surface area contributed by atoms with Crippen LogP contribution in [0.1, 0.15) is 245 Å². The van der Waals surface area contributed by atoms with Crippen LogP contribution < -0.4 is 0 Å². The first-order valence-corrected chi connectivity index (χ1v) is 25.3. The van der Waals surface area contributed by atoms with E-state index in [9.17, 15) is 14.4 Å². The predicted octanol–water partition coefficient (Wildman–Crippen LogP) is 16.5. The average Bonchev–Trinajstić information content (AvgIpc) is 3.24. The Hall–Kier alpha value is -2.89. The molecule has 0 fully saturated rings. The van der Waals surface area contributed by atoms with Gasteiger partial charge in [0.1, 0.15) is 13.2 Å². The Bertz CT molecular complexity index is 1100. The van der Waals surface area contributed by atoms with Gasteiger partial charge in [-0.25, -0.2) is 0 Å². The molecule has 0 aliphatic rings. The van der Waals surface area contributed by atoms with E-state index in [1.54, 1.807) is 0 Å². The van der Waals surface area contributed by atoms with Crippen molar-refractivity contribution >= 4 is 17.9 Å². The number of ether oxygens (including phenoxy) is 3. The number of carbonyl (C=O) groups excluding carboxylic acids is 3. The lowest BCUT2D eigenvalue weighted by Crippen LogP contribution is -2.30. The van der Waals surface area contributed by atoms with E-state index in [1.165, 1.54) is 116 Å². The van der Waals surface area contributed by atoms with Gasteiger partial charge in [-0.1, -0.05) is 204 Å². The number of esters is 3. The van der Waals surface area contributed by atoms with Gasteiger partial charge in [-0.3, -0.25) is 14.4 Å². The Morgan fingerprint density at radius 3 is 1.10 bits per heavy atom. The highest BCUT2D eigenvalue weighted by Gasteiger charge is 2.19. The molecule has 346 valence electrons. The van der Waals surface area contributed by atoms with Crippen molar-refractivity contribution in [3.8, 4) is 0 Å². The van der Waals surface area contributed by atoms with Gasteiger partial charge in [0.2, 0.25) is 0 Å². The summed E-state index contributed by atoms with van der Waals surface area (Å²) in [6, 6.07) is 0. The fourth-order valence-corrected chi connectivity index (χ4v) is 6.95. The van der Waals surface area contributed by atoms with E-state index < -0.39 is 6.10 Å². The van der Waals surface area contributed by atoms with Gasteiger partial charge in [-0.2, -0.15) is 0 Å². The van der Waals surface area contributed by atoms with Crippen molar-refractivity contribution in [3.63, 3.8) is 0 Å². The summed E-state index contributed by atoms with van der Waals surface area (Å²) < 4.78 is 16.7. The first-order chi connectivity index (χ1) is 29.5. The fraction of sp³-hybridized carbons (Fsp3) is 0.759. The highest BCUT2D eigenvalue weighted by molar-refractivity contribution is 5.71. The van der Waals surface area contributed by atoms with Crippen LogP contribution in [0.4, 0.5) is 0 Å². The maximum absolute atomic E-state index is 12.8. The van der Waals surface area contributed by atoms with Crippen LogP contribution in [0.25, 0.3) is 0 Å². The van der Waals surface area contributed by atoms with Crippen molar-refractivity contribution in [2.75, 3.05) is 13.2 Å². The summed E-state index contributed by atoms with van der Waals surface area (Å²) in [5.74, 6) is -0.913. The zero-order chi connectivity index (χ0) is 43.7. The second kappa shape index (κ2) is 48.8. The van der Waals surface area contributed by atoms with E-state index >= 15 is 0 Å². The molecule has 0 aliphatic heterocycles. The average molecular weight is 839 g/mol. The van der Waals surface area contributed by atoms with Crippen LogP contribution in [-0.4, -0.2) is 37.2 Å². The maximum Gasteiger partial charge on any atom is 0.306 e. The van der Waals surface area contributed by atoms with Gasteiger partial charge in [0.25, 0.3) is 0 Å². The van der Waals surface area contributed by atoms with E-state index in [4.69, 9.17) is 14.2 Å². The number of allylic oxidation sites excluding steroid dienone is 10. The van der Waals surface area contributed by atoms with Crippen LogP contribution in [0, 0.1) is 0 Å². The summed E-state index contributed by atoms with van der Waals surface area (Å²) in [6.07, 6.45) is 59.2. The van der Waals surface area contributed by atoms with Crippen LogP contribution in [-0.2, 0) is 28.6 Å². The monoisotopic (exact) mass is 839 g/mol. The smallest absolute Gasteiger partial charge is 0.306 e. The van der Waals surface area contributed by atoms with E-state index in [1.807, 2.05) is 0 Å². The summed E-state index contributed by atoms with van der Waals surface area (Å²) in [7, 11) is 0. The molecule has 6 heteroatoms. The van der Waals surface area contributed by atoms with Crippen molar-refractivity contribution in [2.24, 2.45) is 0 Å². The van der Waals surface area contributed by atoms with Gasteiger partial charge in [0.15, 0.2) is 6.10 Å². The molecule has 0 heterocycles. The summed E-state index contributed by atoms with van der Waals surface area (Å²) in [5, 5.41) is 0. The Morgan fingerprint density at radius 2 is 0.683 bits per heavy atom. The van der Waals surface area contributed by atoms with Gasteiger partial charge in [-0.15, -0.1) is 0 Å². The number of unbranched alkanes of at least 4 members (excludes halogenated alkanes) is 26. The molecular weight excluding hydrogens is 745 g/mol. The Morgan fingerprint density at radius 1 is 0.350 bits per heavy atom. The van der Waals surface area contributed by atoms with E-state index in [2.05, 4.69) is 81.5 Å². The van der Waals surface area contributed by atoms with Crippen molar-refractivity contribution in [1.29, 1.82) is 0 Å². The molecule has 1 unspecified atom stereocenters. The maximum atomic E-state index is 12.8. The lowest BCUT2D eigenvalue weighted by molar-refractivity contribution is -0.167. The molecule has 0 aromatic rings. The van der Waals surface area contributed by atoms with E-state index in [0.717, 1.165) is 89.9 Å². The SMILES string of the molecule is CC\C=C/C=C\C=C/CCCCCCCCCC(=O)OC(COC(=O)CCCCCC/C=C\CCCC)COC(=O)CCCCCCCCC/C=C\CCCCCCCC. The van der Waals surface area contributed by atoms with Crippen LogP contribution in [0.5, 0.6) is 0 Å². The van der Waals surface area contributed by atoms with Gasteiger partial charge in [0, 0.05) is 19.3 Å². The quantitative estimate of drug-likeness (QED) is 0.0200. The largest absolute Gasteiger partial charge is 0.462 e. The second-order valence-corrected chi connectivity index (χ2v) is 16.7. The van der Waals surface area contributed by atoms with Crippen LogP contribution >= 0.6 is 0 Å². The van der Waals surface area contributed by atoms with Gasteiger partial charge < -0.3 is 14.2 Å². The molecule has 0 amide bonds. The molecule has 1 atom stereocenters. The Kier molecular flexibility index (Phi) is 46.4. The number of hydrogen-bond donors (Lipinski definition) is 0. The predicted molar refractivity (Wildman–Crippen MR) is 256 cm³/mol. The molecule has 0 aromatic heterocycles. The van der Waals surface area contributed by atoms with Crippen molar-refractivity contribution in [3.05, 3.63) is 60.8 Å². The number of hydrogen-bond acceptors (Lipinski definition) is 6. The Labute approximate surface area is 370 Å². The minimum absolute atomic E-state index is 0.0849. The summed E-state index contributed by atoms with van der Waals surface area (Å²) in [6.45, 7) is 6.44. The molecule has 0 radical (unpaired) electrons. The molecule has 0 spiro atoms. The summed E-state index contributed by atoms with van der Waals surface area (Å²) >= 11 is 0. The second-order valence-electron chi connectivity index (χ2n) is 16.7. The molecule has 0 rings (SSSR count). The molecule has 0 saturated carbocycles. The third kappa shape index (κ3) is 46.2. The van der Waals surface area contributed by atoms with Crippen molar-refractivity contribution in [2.45, 2.75) is 252 Å². The summed E-state index contributed by atoms with van der Waals surface area (Å²) in [4.78, 5) is 37.9. The van der Waals surface area contributed by atoms with Crippen molar-refractivity contribution in [1.82, 2.24) is 0 Å². The van der Waals surface area contributed by atoms with Gasteiger partial charge in [-0.05, 0) is 83.5 Å². The number of carbonyl (C=O) groups is 3. The minimum Gasteiger partial charge on any atom is -0.462 e. The lowest BCUT2D eigenvalue weighted by Gasteiger charge is -2.18. The fourth-order valence-electron chi connectivity index (χ4n) is 6.95. The first kappa shape index (κ1) is 57.1. The normalized spacial score (nSPS) is 12.5. The Balaban J connectivity index is 4.36. The zero-order valence-electron chi connectivity index (χ0n) is 39.5. The van der Waals surface area contributed by atoms with Crippen LogP contribution in [0.3, 0.4) is 0 Å². The molecule has 0 aromatic carbocycles. The van der Waals surface area contributed by atoms with Gasteiger partial charge >= 0.3 is 17.9 Å². The molecular formula is C54H94O6. The minimum atomic E-state index is -0.785. The van der Waals surface area contributed by atoms with Crippen LogP contribution in [0.15, 0.2) is 60.8 Å². The molecule has 0 N–H and O–H groups in total. The highest BCUT2D eigenvalue weighted by atomic mass is 16.6. The highest BCUT2D eigenvalue weighted by Crippen LogP contribution is 2.14. The molecule has 6 nitrogen and oxygen atoms in total. The zero-order valence-corrected chi connectivity index (χ0v) is 39.5. The topological polar surface area (TPSA) is 78.9 Å². The summed E-state index contributed by atoms with van der Waals surface area (Å²) in [5.41, 5.74) is 0. The van der Waals surface area contributed by atoms with Crippen molar-refractivity contribution < 1.29 is 28.6 Å². The van der Waals surface area contributed by atoms with E-state index in [-0.39, 0.29) is 31.1 Å². The standard InChI is InChI=1S/C54H94O6/c1-4-7-10-13-16-19-22-24-26-27-29-30-32-35-38-41-44-47-53(56)59-50-51(49-58-52(55)46-43-40-37-34-21-18-15-12-9-6-3)60-54(57)48-45-42-39-36-33-31-28-25-23-20-17-14-11-8-5-2/h8,11,14-15,17-18,20,23-24,26,51H,4-7,9-10,12-13,16,19,21-22,25,27-50H2,1-3H3/b11-8-,17-14-,18-15-,23-20-,26-24-. The van der Waals surface area contributed by atoms with Crippen LogP contribution in [0.2, 0.25) is 0 Å². The first-order valence-electron chi connectivity index (χ1n) is 25.3. The molecule has 0 saturated heterocycles. The number of rotatable bonds is 45.